The quantitative estimate of drug-likeness (QED) is 0.348. The summed E-state index contributed by atoms with van der Waals surface area (Å²) in [6, 6.07) is 12.3. The van der Waals surface area contributed by atoms with E-state index < -0.39 is 5.97 Å². The molecule has 0 aliphatic carbocycles. The normalized spacial score (nSPS) is 15.0. The minimum atomic E-state index is -0.520. The van der Waals surface area contributed by atoms with Gasteiger partial charge in [0.2, 0.25) is 0 Å². The van der Waals surface area contributed by atoms with Crippen LogP contribution in [0.2, 0.25) is 0 Å². The number of hydrogen-bond acceptors (Lipinski definition) is 6. The molecule has 0 unspecified atom stereocenters. The molecule has 2 aromatic carbocycles. The van der Waals surface area contributed by atoms with Gasteiger partial charge >= 0.3 is 5.97 Å². The average Bonchev–Trinajstić information content (AvgIpc) is 2.97. The summed E-state index contributed by atoms with van der Waals surface area (Å²) >= 11 is 8.96. The molecule has 1 aliphatic heterocycles. The molecule has 1 fully saturated rings. The van der Waals surface area contributed by atoms with E-state index in [9.17, 15) is 9.59 Å². The Balaban J connectivity index is 2.08. The van der Waals surface area contributed by atoms with Crippen molar-refractivity contribution >= 4 is 56.9 Å². The predicted octanol–water partition coefficient (Wildman–Crippen LogP) is 3.61. The van der Waals surface area contributed by atoms with E-state index >= 15 is 0 Å². The zero-order valence-corrected chi connectivity index (χ0v) is 19.0. The van der Waals surface area contributed by atoms with Crippen molar-refractivity contribution in [3.05, 3.63) is 58.2 Å². The largest absolute Gasteiger partial charge is 0.497 e. The smallest absolute Gasteiger partial charge is 0.325 e. The molecule has 7 nitrogen and oxygen atoms in total. The van der Waals surface area contributed by atoms with E-state index in [2.05, 4.69) is 15.9 Å². The second-order valence-electron chi connectivity index (χ2n) is 6.20. The summed E-state index contributed by atoms with van der Waals surface area (Å²) in [6.45, 7) is -0.199. The van der Waals surface area contributed by atoms with E-state index in [4.69, 9.17) is 26.4 Å². The van der Waals surface area contributed by atoms with Crippen LogP contribution in [0.1, 0.15) is 5.56 Å². The van der Waals surface area contributed by atoms with E-state index in [0.717, 1.165) is 4.47 Å². The predicted molar refractivity (Wildman–Crippen MR) is 120 cm³/mol. The molecule has 0 saturated carbocycles. The fourth-order valence-corrected chi connectivity index (χ4v) is 3.68. The van der Waals surface area contributed by atoms with Crippen LogP contribution in [0.5, 0.6) is 11.5 Å². The maximum Gasteiger partial charge on any atom is 0.325 e. The van der Waals surface area contributed by atoms with Crippen molar-refractivity contribution in [2.24, 2.45) is 0 Å². The van der Waals surface area contributed by atoms with Crippen LogP contribution in [0.15, 0.2) is 52.6 Å². The molecule has 3 rings (SSSR count). The van der Waals surface area contributed by atoms with Gasteiger partial charge in [-0.1, -0.05) is 15.9 Å². The van der Waals surface area contributed by atoms with Gasteiger partial charge in [0.15, 0.2) is 5.11 Å². The molecular formula is C21H19BrN2O5S. The number of rotatable bonds is 6. The lowest BCUT2D eigenvalue weighted by Gasteiger charge is -2.19. The number of carbonyl (C=O) groups is 2. The standard InChI is InChI=1S/C21H19BrN2O5S/c1-27-16-7-5-15(6-8-16)24-20(26)17(23(21(24)30)12-19(25)29-3)11-13-10-14(22)4-9-18(13)28-2/h4-11H,12H2,1-3H3. The van der Waals surface area contributed by atoms with Crippen LogP contribution in [0, 0.1) is 0 Å². The summed E-state index contributed by atoms with van der Waals surface area (Å²) in [5.41, 5.74) is 1.45. The number of hydrogen-bond donors (Lipinski definition) is 0. The molecular weight excluding hydrogens is 472 g/mol. The number of halogens is 1. The first-order valence-corrected chi connectivity index (χ1v) is 10.0. The van der Waals surface area contributed by atoms with Gasteiger partial charge in [0.05, 0.1) is 27.0 Å². The summed E-state index contributed by atoms with van der Waals surface area (Å²) in [5, 5.41) is 0.177. The second-order valence-corrected chi connectivity index (χ2v) is 7.48. The van der Waals surface area contributed by atoms with Crippen LogP contribution in [-0.4, -0.2) is 49.8 Å². The molecule has 0 aromatic heterocycles. The maximum absolute atomic E-state index is 13.3. The summed E-state index contributed by atoms with van der Waals surface area (Å²) in [5.74, 6) is 0.340. The fraction of sp³-hybridized carbons (Fsp3) is 0.190. The number of amides is 1. The van der Waals surface area contributed by atoms with Crippen molar-refractivity contribution in [2.75, 3.05) is 32.8 Å². The molecule has 1 aliphatic rings. The van der Waals surface area contributed by atoms with Gasteiger partial charge in [-0.05, 0) is 60.8 Å². The number of carbonyl (C=O) groups excluding carboxylic acids is 2. The number of benzene rings is 2. The highest BCUT2D eigenvalue weighted by atomic mass is 79.9. The highest BCUT2D eigenvalue weighted by molar-refractivity contribution is 9.10. The zero-order chi connectivity index (χ0) is 21.8. The van der Waals surface area contributed by atoms with Crippen molar-refractivity contribution in [1.82, 2.24) is 4.90 Å². The van der Waals surface area contributed by atoms with Crippen LogP contribution >= 0.6 is 28.1 Å². The monoisotopic (exact) mass is 490 g/mol. The van der Waals surface area contributed by atoms with Gasteiger partial charge in [-0.2, -0.15) is 0 Å². The Bertz CT molecular complexity index is 1020. The lowest BCUT2D eigenvalue weighted by atomic mass is 10.1. The first-order valence-electron chi connectivity index (χ1n) is 8.81. The Kier molecular flexibility index (Phi) is 6.73. The SMILES string of the molecule is COC(=O)CN1C(=S)N(c2ccc(OC)cc2)C(=O)C1=Cc1cc(Br)ccc1OC. The average molecular weight is 491 g/mol. The van der Waals surface area contributed by atoms with Gasteiger partial charge in [-0.25, -0.2) is 0 Å². The van der Waals surface area contributed by atoms with Crippen molar-refractivity contribution in [3.63, 3.8) is 0 Å². The molecule has 0 spiro atoms. The van der Waals surface area contributed by atoms with E-state index in [1.165, 1.54) is 16.9 Å². The topological polar surface area (TPSA) is 68.3 Å². The second kappa shape index (κ2) is 9.27. The highest BCUT2D eigenvalue weighted by Gasteiger charge is 2.40. The third kappa shape index (κ3) is 4.31. The summed E-state index contributed by atoms with van der Waals surface area (Å²) < 4.78 is 16.2. The molecule has 30 heavy (non-hydrogen) atoms. The minimum absolute atomic E-state index is 0.177. The molecule has 0 radical (unpaired) electrons. The molecule has 1 saturated heterocycles. The Labute approximate surface area is 187 Å². The molecule has 0 bridgehead atoms. The van der Waals surface area contributed by atoms with Gasteiger partial charge in [0.25, 0.3) is 5.91 Å². The van der Waals surface area contributed by atoms with Crippen molar-refractivity contribution < 1.29 is 23.8 Å². The zero-order valence-electron chi connectivity index (χ0n) is 16.5. The molecule has 1 amide bonds. The first kappa shape index (κ1) is 21.8. The molecule has 2 aromatic rings. The number of thiocarbonyl (C=S) groups is 1. The third-order valence-electron chi connectivity index (χ3n) is 4.46. The van der Waals surface area contributed by atoms with Crippen LogP contribution in [0.25, 0.3) is 6.08 Å². The maximum atomic E-state index is 13.3. The third-order valence-corrected chi connectivity index (χ3v) is 5.36. The Morgan fingerprint density at radius 2 is 1.80 bits per heavy atom. The summed E-state index contributed by atoms with van der Waals surface area (Å²) in [7, 11) is 4.39. The van der Waals surface area contributed by atoms with Gasteiger partial charge in [-0.3, -0.25) is 14.5 Å². The summed E-state index contributed by atoms with van der Waals surface area (Å²) in [6.07, 6.45) is 1.64. The van der Waals surface area contributed by atoms with Crippen molar-refractivity contribution in [2.45, 2.75) is 0 Å². The van der Waals surface area contributed by atoms with E-state index in [1.807, 2.05) is 12.1 Å². The van der Waals surface area contributed by atoms with Gasteiger partial charge in [0, 0.05) is 10.0 Å². The van der Waals surface area contributed by atoms with E-state index in [0.29, 0.717) is 22.7 Å². The van der Waals surface area contributed by atoms with E-state index in [-0.39, 0.29) is 23.3 Å². The lowest BCUT2D eigenvalue weighted by molar-refractivity contribution is -0.140. The van der Waals surface area contributed by atoms with Crippen LogP contribution in [0.3, 0.4) is 0 Å². The van der Waals surface area contributed by atoms with Crippen molar-refractivity contribution in [1.29, 1.82) is 0 Å². The van der Waals surface area contributed by atoms with Crippen LogP contribution in [-0.2, 0) is 14.3 Å². The molecule has 0 atom stereocenters. The molecule has 1 heterocycles. The van der Waals surface area contributed by atoms with Crippen LogP contribution in [0.4, 0.5) is 5.69 Å². The summed E-state index contributed by atoms with van der Waals surface area (Å²) in [4.78, 5) is 28.1. The Morgan fingerprint density at radius 3 is 2.40 bits per heavy atom. The number of anilines is 1. The number of ether oxygens (including phenoxy) is 3. The number of methoxy groups -OCH3 is 3. The van der Waals surface area contributed by atoms with Gasteiger partial charge < -0.3 is 19.1 Å². The lowest BCUT2D eigenvalue weighted by Crippen LogP contribution is -2.35. The van der Waals surface area contributed by atoms with E-state index in [1.54, 1.807) is 50.6 Å². The molecule has 9 heteroatoms. The van der Waals surface area contributed by atoms with Crippen LogP contribution < -0.4 is 14.4 Å². The first-order chi connectivity index (χ1) is 14.4. The molecule has 0 N–H and O–H groups in total. The van der Waals surface area contributed by atoms with Gasteiger partial charge in [-0.15, -0.1) is 0 Å². The van der Waals surface area contributed by atoms with Crippen molar-refractivity contribution in [3.8, 4) is 11.5 Å². The molecule has 156 valence electrons. The van der Waals surface area contributed by atoms with Gasteiger partial charge in [0.1, 0.15) is 23.7 Å². The highest BCUT2D eigenvalue weighted by Crippen LogP contribution is 2.32. The fourth-order valence-electron chi connectivity index (χ4n) is 2.95. The number of esters is 1. The minimum Gasteiger partial charge on any atom is -0.497 e. The Morgan fingerprint density at radius 1 is 1.10 bits per heavy atom. The number of nitrogens with zero attached hydrogens (tertiary/aromatic N) is 2. The Hall–Kier alpha value is -2.91.